The summed E-state index contributed by atoms with van der Waals surface area (Å²) >= 11 is 0. The Hall–Kier alpha value is -7.27. The van der Waals surface area contributed by atoms with Gasteiger partial charge in [0, 0.05) is 41.8 Å². The fraction of sp³-hybridized carbons (Fsp3) is 0.320. The first-order chi connectivity index (χ1) is 31.9. The summed E-state index contributed by atoms with van der Waals surface area (Å²) < 4.78 is 52.6. The smallest absolute Gasteiger partial charge is 0.411 e. The highest BCUT2D eigenvalue weighted by atomic mass is 32.2. The zero-order valence-corrected chi connectivity index (χ0v) is 38.7. The van der Waals surface area contributed by atoms with Gasteiger partial charge in [-0.25, -0.2) is 22.9 Å². The van der Waals surface area contributed by atoms with Crippen molar-refractivity contribution in [3.63, 3.8) is 0 Å². The van der Waals surface area contributed by atoms with Crippen molar-refractivity contribution in [3.05, 3.63) is 127 Å². The topological polar surface area (TPSA) is 209 Å². The van der Waals surface area contributed by atoms with Gasteiger partial charge < -0.3 is 29.6 Å². The van der Waals surface area contributed by atoms with E-state index in [-0.39, 0.29) is 48.8 Å². The average molecular weight is 932 g/mol. The zero-order chi connectivity index (χ0) is 48.1. The summed E-state index contributed by atoms with van der Waals surface area (Å²) in [4.78, 5) is 73.0. The molecule has 0 radical (unpaired) electrons. The average Bonchev–Trinajstić information content (AvgIpc) is 3.85. The lowest BCUT2D eigenvalue weighted by molar-refractivity contribution is -0.140. The van der Waals surface area contributed by atoms with Crippen LogP contribution in [0.15, 0.2) is 121 Å². The van der Waals surface area contributed by atoms with Crippen LogP contribution in [0, 0.1) is 5.92 Å². The molecule has 1 aliphatic heterocycles. The Morgan fingerprint density at radius 3 is 2.34 bits per heavy atom. The normalized spacial score (nSPS) is 18.9. The predicted octanol–water partition coefficient (Wildman–Crippen LogP) is 6.52. The molecule has 5 aromatic rings. The molecule has 4 amide bonds. The molecule has 2 unspecified atom stereocenters. The maximum absolute atomic E-state index is 14.5. The molecule has 4 aromatic carbocycles. The van der Waals surface area contributed by atoms with E-state index in [2.05, 4.69) is 21.9 Å². The highest BCUT2D eigenvalue weighted by Crippen LogP contribution is 2.45. The number of methoxy groups -OCH3 is 2. The molecule has 1 saturated heterocycles. The van der Waals surface area contributed by atoms with Crippen molar-refractivity contribution < 1.29 is 51.3 Å². The van der Waals surface area contributed by atoms with Gasteiger partial charge in [-0.3, -0.25) is 24.1 Å². The van der Waals surface area contributed by atoms with Gasteiger partial charge in [0.2, 0.25) is 11.8 Å². The Morgan fingerprint density at radius 1 is 0.910 bits per heavy atom. The number of rotatable bonds is 16. The molecule has 3 N–H and O–H groups in total. The molecule has 0 bridgehead atoms. The summed E-state index contributed by atoms with van der Waals surface area (Å²) in [5.74, 6) is -2.27. The number of benzene rings is 4. The summed E-state index contributed by atoms with van der Waals surface area (Å²) in [5, 5.41) is 6.08. The first-order valence-corrected chi connectivity index (χ1v) is 23.2. The number of hydrogen-bond donors (Lipinski definition) is 3. The minimum atomic E-state index is -4.66. The maximum atomic E-state index is 14.5. The van der Waals surface area contributed by atoms with Crippen LogP contribution in [0.2, 0.25) is 0 Å². The number of sulfonamides is 1. The van der Waals surface area contributed by atoms with Crippen LogP contribution >= 0.6 is 0 Å². The van der Waals surface area contributed by atoms with E-state index < -0.39 is 63.0 Å². The first-order valence-electron chi connectivity index (χ1n) is 21.7. The Labute approximate surface area is 389 Å². The number of aryl methyl sites for hydroxylation is 1. The fourth-order valence-corrected chi connectivity index (χ4v) is 9.23. The van der Waals surface area contributed by atoms with Crippen molar-refractivity contribution >= 4 is 56.4 Å². The van der Waals surface area contributed by atoms with Crippen molar-refractivity contribution in [2.24, 2.45) is 5.92 Å². The minimum absolute atomic E-state index is 0.00860. The number of hydrogen-bond acceptors (Lipinski definition) is 12. The fourth-order valence-electron chi connectivity index (χ4n) is 8.02. The van der Waals surface area contributed by atoms with Crippen molar-refractivity contribution in [2.45, 2.75) is 81.1 Å². The van der Waals surface area contributed by atoms with E-state index in [1.54, 1.807) is 64.3 Å². The molecule has 1 aliphatic carbocycles. The monoisotopic (exact) mass is 931 g/mol. The number of nitrogens with one attached hydrogen (secondary N) is 3. The van der Waals surface area contributed by atoms with Gasteiger partial charge in [0.15, 0.2) is 0 Å². The minimum Gasteiger partial charge on any atom is -0.497 e. The summed E-state index contributed by atoms with van der Waals surface area (Å²) in [7, 11) is -1.79. The number of anilines is 1. The molecule has 350 valence electrons. The molecule has 1 aromatic heterocycles. The Bertz CT molecular complexity index is 2830. The first kappa shape index (κ1) is 47.7. The standard InChI is InChI=1S/C50H53N5O11S/c1-7-34-29-50(34,47(59)54-67(61,62)43-19-12-11-18-38(43)52-44(56)25-32-15-13-14-31(24-32)20-23-45(57)64-6)53-46(58)41-27-36(30-55(41)48(60)66-49(2,3)4)65-42-28-39(33-16-9-8-10-17-33)51-40-26-35(63-5)21-22-37(40)42/h7-19,21-22,24,26,28,34,36,41H,1,20,23,25,27,29-30H2,2-6H3,(H,52,56)(H,53,58)(H,54,59)/t34?,36-,41+,50?/m1/s1. The summed E-state index contributed by atoms with van der Waals surface area (Å²) in [5.41, 5.74) is 0.763. The Morgan fingerprint density at radius 2 is 1.64 bits per heavy atom. The summed E-state index contributed by atoms with van der Waals surface area (Å²) in [6.07, 6.45) is 0.410. The molecule has 67 heavy (non-hydrogen) atoms. The molecule has 1 saturated carbocycles. The van der Waals surface area contributed by atoms with E-state index in [0.29, 0.717) is 40.1 Å². The maximum Gasteiger partial charge on any atom is 0.411 e. The molecule has 17 heteroatoms. The third-order valence-electron chi connectivity index (χ3n) is 11.5. The number of pyridine rings is 1. The van der Waals surface area contributed by atoms with Gasteiger partial charge in [0.1, 0.15) is 39.7 Å². The van der Waals surface area contributed by atoms with E-state index in [1.165, 1.54) is 42.4 Å². The molecule has 2 fully saturated rings. The van der Waals surface area contributed by atoms with Gasteiger partial charge in [0.25, 0.3) is 15.9 Å². The van der Waals surface area contributed by atoms with E-state index in [4.69, 9.17) is 23.9 Å². The molecule has 0 spiro atoms. The molecule has 2 aliphatic rings. The molecule has 4 atom stereocenters. The van der Waals surface area contributed by atoms with Crippen molar-refractivity contribution in [1.82, 2.24) is 19.9 Å². The Kier molecular flexibility index (Phi) is 14.0. The van der Waals surface area contributed by atoms with Crippen LogP contribution in [-0.4, -0.2) is 92.1 Å². The number of esters is 1. The lowest BCUT2D eigenvalue weighted by atomic mass is 10.0. The number of likely N-dealkylation sites (tertiary alicyclic amines) is 1. The summed E-state index contributed by atoms with van der Waals surface area (Å²) in [6, 6.07) is 28.2. The van der Waals surface area contributed by atoms with Crippen LogP contribution in [0.5, 0.6) is 11.5 Å². The van der Waals surface area contributed by atoms with Gasteiger partial charge in [0.05, 0.1) is 44.1 Å². The van der Waals surface area contributed by atoms with Crippen molar-refractivity contribution in [2.75, 3.05) is 26.1 Å². The van der Waals surface area contributed by atoms with E-state index >= 15 is 0 Å². The van der Waals surface area contributed by atoms with Gasteiger partial charge in [-0.15, -0.1) is 6.58 Å². The van der Waals surface area contributed by atoms with E-state index in [1.807, 2.05) is 42.5 Å². The van der Waals surface area contributed by atoms with E-state index in [0.717, 1.165) is 11.1 Å². The molecule has 16 nitrogen and oxygen atoms in total. The number of para-hydroxylation sites is 1. The second kappa shape index (κ2) is 19.7. The second-order valence-corrected chi connectivity index (χ2v) is 19.1. The molecule has 7 rings (SSSR count). The highest BCUT2D eigenvalue weighted by Gasteiger charge is 2.61. The van der Waals surface area contributed by atoms with Crippen LogP contribution in [0.1, 0.15) is 51.2 Å². The van der Waals surface area contributed by atoms with Crippen molar-refractivity contribution in [3.8, 4) is 22.8 Å². The zero-order valence-electron chi connectivity index (χ0n) is 37.9. The highest BCUT2D eigenvalue weighted by molar-refractivity contribution is 7.90. The lowest BCUT2D eigenvalue weighted by Gasteiger charge is -2.29. The number of carbonyl (C=O) groups is 5. The van der Waals surface area contributed by atoms with Gasteiger partial charge in [-0.2, -0.15) is 0 Å². The number of nitrogens with zero attached hydrogens (tertiary/aromatic N) is 2. The van der Waals surface area contributed by atoms with Gasteiger partial charge in [-0.05, 0) is 69.0 Å². The summed E-state index contributed by atoms with van der Waals surface area (Å²) in [6.45, 7) is 8.85. The third-order valence-corrected chi connectivity index (χ3v) is 12.9. The van der Waals surface area contributed by atoms with Crippen LogP contribution in [-0.2, 0) is 51.5 Å². The van der Waals surface area contributed by atoms with Crippen molar-refractivity contribution in [1.29, 1.82) is 0 Å². The molecular weight excluding hydrogens is 879 g/mol. The SMILES string of the molecule is C=CC1CC1(NC(=O)[C@@H]1C[C@@H](Oc2cc(-c3ccccc3)nc3cc(OC)ccc23)CN1C(=O)OC(C)(C)C)C(=O)NS(=O)(=O)c1ccccc1NC(=O)Cc1cccc(CCC(=O)OC)c1. The third kappa shape index (κ3) is 11.2. The number of amides is 4. The second-order valence-electron chi connectivity index (χ2n) is 17.4. The number of aromatic nitrogens is 1. The largest absolute Gasteiger partial charge is 0.497 e. The quantitative estimate of drug-likeness (QED) is 0.0714. The van der Waals surface area contributed by atoms with Crippen LogP contribution < -0.4 is 24.8 Å². The number of ether oxygens (including phenoxy) is 4. The van der Waals surface area contributed by atoms with Crippen LogP contribution in [0.3, 0.4) is 0 Å². The molecular formula is C50H53N5O11S. The van der Waals surface area contributed by atoms with Gasteiger partial charge in [-0.1, -0.05) is 72.8 Å². The van der Waals surface area contributed by atoms with Crippen LogP contribution in [0.25, 0.3) is 22.2 Å². The number of carbonyl (C=O) groups excluding carboxylic acids is 5. The lowest BCUT2D eigenvalue weighted by Crippen LogP contribution is -2.56. The van der Waals surface area contributed by atoms with Crippen LogP contribution in [0.4, 0.5) is 10.5 Å². The van der Waals surface area contributed by atoms with Gasteiger partial charge >= 0.3 is 12.1 Å². The Balaban J connectivity index is 1.09. The predicted molar refractivity (Wildman–Crippen MR) is 250 cm³/mol. The van der Waals surface area contributed by atoms with E-state index in [9.17, 15) is 32.4 Å². The molecule has 2 heterocycles. The number of fused-ring (bicyclic) bond motifs is 1.